The maximum absolute atomic E-state index is 2.29. The number of rotatable bonds is 2. The SMILES string of the molecule is CC(C)C[Te][Mg+]. The van der Waals surface area contributed by atoms with Crippen LogP contribution in [0.5, 0.6) is 0 Å². The van der Waals surface area contributed by atoms with Gasteiger partial charge in [-0.05, 0) is 0 Å². The summed E-state index contributed by atoms with van der Waals surface area (Å²) in [7, 11) is 0. The minimum atomic E-state index is 0.456. The summed E-state index contributed by atoms with van der Waals surface area (Å²) in [6.07, 6.45) is 0. The fourth-order valence-corrected chi connectivity index (χ4v) is 4.74. The zero-order chi connectivity index (χ0) is 4.99. The first-order chi connectivity index (χ1) is 2.77. The Morgan fingerprint density at radius 2 is 2.17 bits per heavy atom. The van der Waals surface area contributed by atoms with E-state index in [0.29, 0.717) is 17.2 Å². The summed E-state index contributed by atoms with van der Waals surface area (Å²) in [4.78, 5) is 0. The first-order valence-corrected chi connectivity index (χ1v) is 9.31. The van der Waals surface area contributed by atoms with E-state index in [2.05, 4.69) is 31.8 Å². The molecule has 0 aliphatic rings. The quantitative estimate of drug-likeness (QED) is 0.591. The molecule has 0 fully saturated rings. The molecule has 0 aliphatic heterocycles. The van der Waals surface area contributed by atoms with E-state index in [1.165, 1.54) is 4.47 Å². The van der Waals surface area contributed by atoms with Gasteiger partial charge >= 0.3 is 59.3 Å². The van der Waals surface area contributed by atoms with E-state index in [-0.39, 0.29) is 0 Å². The zero-order valence-electron chi connectivity index (χ0n) is 4.40. The average Bonchev–Trinajstić information content (AvgIpc) is 1.35. The molecular formula is C4H9MgTe+. The molecule has 6 heavy (non-hydrogen) atoms. The molecule has 2 heteroatoms. The van der Waals surface area contributed by atoms with Gasteiger partial charge in [0.05, 0.1) is 0 Å². The molecule has 0 spiro atoms. The van der Waals surface area contributed by atoms with E-state index in [1.54, 1.807) is 0 Å². The van der Waals surface area contributed by atoms with Crippen molar-refractivity contribution in [1.82, 2.24) is 0 Å². The second-order valence-electron chi connectivity index (χ2n) is 1.76. The molecule has 0 amide bonds. The fourth-order valence-electron chi connectivity index (χ4n) is 0.236. The molecule has 0 radical (unpaired) electrons. The normalized spacial score (nSPS) is 10.2. The molecule has 0 aliphatic carbocycles. The molecule has 0 saturated carbocycles. The molecule has 0 atom stereocenters. The van der Waals surface area contributed by atoms with Crippen molar-refractivity contribution in [3.63, 3.8) is 0 Å². The van der Waals surface area contributed by atoms with E-state index in [1.807, 2.05) is 0 Å². The van der Waals surface area contributed by atoms with Crippen LogP contribution in [0.2, 0.25) is 4.47 Å². The van der Waals surface area contributed by atoms with Crippen molar-refractivity contribution >= 4 is 35.1 Å². The summed E-state index contributed by atoms with van der Waals surface area (Å²) in [6, 6.07) is 0. The van der Waals surface area contributed by atoms with Crippen molar-refractivity contribution in [2.45, 2.75) is 18.3 Å². The second-order valence-corrected chi connectivity index (χ2v) is 6.62. The van der Waals surface area contributed by atoms with Crippen LogP contribution in [0.1, 0.15) is 13.8 Å². The van der Waals surface area contributed by atoms with Crippen LogP contribution in [0.25, 0.3) is 0 Å². The molecule has 32 valence electrons. The van der Waals surface area contributed by atoms with Gasteiger partial charge < -0.3 is 0 Å². The minimum absolute atomic E-state index is 0.456. The third kappa shape index (κ3) is 5.56. The van der Waals surface area contributed by atoms with Gasteiger partial charge in [-0.1, -0.05) is 0 Å². The standard InChI is InChI=1S/C4H10Te.Mg/c1-4(2)3-5;/h4-5H,3H2,1-2H3;/q;+2/p-1. The third-order valence-electron chi connectivity index (χ3n) is 0.451. The van der Waals surface area contributed by atoms with Crippen LogP contribution in [0, 0.1) is 5.92 Å². The zero-order valence-corrected chi connectivity index (χ0v) is 8.14. The molecule has 0 aromatic heterocycles. The third-order valence-corrected chi connectivity index (χ3v) is 4.61. The number of hydrogen-bond acceptors (Lipinski definition) is 0. The summed E-state index contributed by atoms with van der Waals surface area (Å²) in [5, 5.41) is 0. The van der Waals surface area contributed by atoms with Crippen molar-refractivity contribution < 1.29 is 0 Å². The van der Waals surface area contributed by atoms with Crippen LogP contribution in [0.3, 0.4) is 0 Å². The molecule has 0 nitrogen and oxygen atoms in total. The average molecular weight is 209 g/mol. The van der Waals surface area contributed by atoms with Gasteiger partial charge in [0, 0.05) is 0 Å². The Labute approximate surface area is 58.9 Å². The van der Waals surface area contributed by atoms with Gasteiger partial charge in [0.2, 0.25) is 0 Å². The molecule has 0 aromatic rings. The summed E-state index contributed by atoms with van der Waals surface area (Å²) in [5.74, 6) is 0.963. The fraction of sp³-hybridized carbons (Fsp3) is 1.00. The summed E-state index contributed by atoms with van der Waals surface area (Å²) in [5.41, 5.74) is 0. The van der Waals surface area contributed by atoms with Crippen molar-refractivity contribution in [2.75, 3.05) is 0 Å². The van der Waals surface area contributed by atoms with Crippen molar-refractivity contribution in [3.8, 4) is 0 Å². The summed E-state index contributed by atoms with van der Waals surface area (Å²) in [6.45, 7) is 4.58. The predicted octanol–water partition coefficient (Wildman–Crippen LogP) is 0.848. The Balaban J connectivity index is 2.63. The van der Waals surface area contributed by atoms with E-state index in [0.717, 1.165) is 5.92 Å². The van der Waals surface area contributed by atoms with Crippen molar-refractivity contribution in [2.24, 2.45) is 5.92 Å². The van der Waals surface area contributed by atoms with Crippen molar-refractivity contribution in [1.29, 1.82) is 0 Å². The molecule has 0 N–H and O–H groups in total. The monoisotopic (exact) mass is 211 g/mol. The van der Waals surface area contributed by atoms with E-state index >= 15 is 0 Å². The van der Waals surface area contributed by atoms with Crippen molar-refractivity contribution in [3.05, 3.63) is 0 Å². The molecule has 0 saturated heterocycles. The van der Waals surface area contributed by atoms with Crippen LogP contribution in [0.15, 0.2) is 0 Å². The van der Waals surface area contributed by atoms with Crippen LogP contribution in [0.4, 0.5) is 0 Å². The summed E-state index contributed by atoms with van der Waals surface area (Å²) >= 11 is 2.64. The van der Waals surface area contributed by atoms with Gasteiger partial charge in [-0.3, -0.25) is 0 Å². The van der Waals surface area contributed by atoms with E-state index in [4.69, 9.17) is 0 Å². The van der Waals surface area contributed by atoms with Crippen LogP contribution in [-0.4, -0.2) is 35.1 Å². The Bertz CT molecular complexity index is 28.7. The Kier molecular flexibility index (Phi) is 5.93. The molecule has 0 rings (SSSR count). The van der Waals surface area contributed by atoms with Gasteiger partial charge in [0.15, 0.2) is 0 Å². The van der Waals surface area contributed by atoms with Gasteiger partial charge in [0.25, 0.3) is 0 Å². The summed E-state index contributed by atoms with van der Waals surface area (Å²) < 4.78 is 1.52. The molecule has 0 bridgehead atoms. The molecule has 0 unspecified atom stereocenters. The predicted molar refractivity (Wildman–Crippen MR) is 31.2 cm³/mol. The van der Waals surface area contributed by atoms with Gasteiger partial charge in [-0.15, -0.1) is 0 Å². The maximum atomic E-state index is 2.29. The van der Waals surface area contributed by atoms with Gasteiger partial charge in [0.1, 0.15) is 0 Å². The topological polar surface area (TPSA) is 0 Å². The first-order valence-electron chi connectivity index (χ1n) is 2.14. The number of hydrogen-bond donors (Lipinski definition) is 0. The molecule has 0 heterocycles. The van der Waals surface area contributed by atoms with E-state index < -0.39 is 0 Å². The Hall–Kier alpha value is 1.56. The second kappa shape index (κ2) is 4.71. The van der Waals surface area contributed by atoms with Gasteiger partial charge in [-0.2, -0.15) is 0 Å². The Morgan fingerprint density at radius 1 is 1.67 bits per heavy atom. The van der Waals surface area contributed by atoms with Gasteiger partial charge in [-0.25, -0.2) is 0 Å². The van der Waals surface area contributed by atoms with Crippen LogP contribution in [-0.2, 0) is 0 Å². The van der Waals surface area contributed by atoms with E-state index in [9.17, 15) is 0 Å². The first kappa shape index (κ1) is 7.56. The van der Waals surface area contributed by atoms with Crippen LogP contribution < -0.4 is 0 Å². The molecule has 0 aromatic carbocycles. The Morgan fingerprint density at radius 3 is 2.17 bits per heavy atom. The molecular weight excluding hydrogens is 200 g/mol. The van der Waals surface area contributed by atoms with Crippen LogP contribution >= 0.6 is 0 Å².